The first-order valence-electron chi connectivity index (χ1n) is 12.0. The Kier molecular flexibility index (Phi) is 8.06. The zero-order valence-corrected chi connectivity index (χ0v) is 20.2. The van der Waals surface area contributed by atoms with Gasteiger partial charge >= 0.3 is 12.1 Å². The van der Waals surface area contributed by atoms with Crippen molar-refractivity contribution in [2.45, 2.75) is 64.0 Å². The number of halogens is 2. The Hall–Kier alpha value is -2.93. The predicted molar refractivity (Wildman–Crippen MR) is 129 cm³/mol. The maximum Gasteiger partial charge on any atom is 0.410 e. The van der Waals surface area contributed by atoms with Crippen molar-refractivity contribution in [3.63, 3.8) is 0 Å². The molecule has 1 amide bonds. The van der Waals surface area contributed by atoms with E-state index in [2.05, 4.69) is 0 Å². The molecule has 0 saturated heterocycles. The van der Waals surface area contributed by atoms with Crippen LogP contribution in [-0.4, -0.2) is 40.5 Å². The number of carboxylic acid groups (broad SMARTS) is 1. The molecule has 0 atom stereocenters. The zero-order valence-electron chi connectivity index (χ0n) is 19.5. The van der Waals surface area contributed by atoms with Crippen LogP contribution in [0.5, 0.6) is 0 Å². The molecule has 6 nitrogen and oxygen atoms in total. The Labute approximate surface area is 209 Å². The van der Waals surface area contributed by atoms with Crippen molar-refractivity contribution in [3.8, 4) is 0 Å². The maximum atomic E-state index is 14.1. The summed E-state index contributed by atoms with van der Waals surface area (Å²) >= 11 is 5.80. The van der Waals surface area contributed by atoms with Crippen LogP contribution in [-0.2, 0) is 40.1 Å². The van der Waals surface area contributed by atoms with Crippen LogP contribution in [0.2, 0.25) is 5.02 Å². The molecule has 4 rings (SSSR count). The molecule has 0 unspecified atom stereocenters. The number of carbonyl (C=O) groups excluding carboxylic acids is 2. The second-order valence-corrected chi connectivity index (χ2v) is 9.91. The van der Waals surface area contributed by atoms with Gasteiger partial charge in [-0.05, 0) is 66.3 Å². The van der Waals surface area contributed by atoms with Gasteiger partial charge in [-0.25, -0.2) is 9.18 Å². The van der Waals surface area contributed by atoms with Gasteiger partial charge in [0.25, 0.3) is 0 Å². The van der Waals surface area contributed by atoms with Crippen molar-refractivity contribution < 1.29 is 28.6 Å². The molecule has 0 spiro atoms. The lowest BCUT2D eigenvalue weighted by Crippen LogP contribution is -2.39. The molecule has 1 aliphatic carbocycles. The molecular weight excluding hydrogens is 473 g/mol. The van der Waals surface area contributed by atoms with Crippen LogP contribution in [0.15, 0.2) is 36.4 Å². The van der Waals surface area contributed by atoms with Crippen molar-refractivity contribution in [2.75, 3.05) is 6.54 Å². The third-order valence-corrected chi connectivity index (χ3v) is 7.18. The van der Waals surface area contributed by atoms with Crippen molar-refractivity contribution in [3.05, 3.63) is 69.5 Å². The highest BCUT2D eigenvalue weighted by Gasteiger charge is 2.28. The number of Topliss-reactive ketones (excluding diaryl/α,β-unsaturated/α-hetero) is 1. The van der Waals surface area contributed by atoms with Crippen LogP contribution < -0.4 is 0 Å². The molecule has 8 heteroatoms. The number of aliphatic carboxylic acids is 1. The Morgan fingerprint density at radius 2 is 1.83 bits per heavy atom. The van der Waals surface area contributed by atoms with Gasteiger partial charge in [-0.2, -0.15) is 0 Å². The van der Waals surface area contributed by atoms with Crippen molar-refractivity contribution in [2.24, 2.45) is 5.92 Å². The number of ether oxygens (including phenoxy) is 1. The number of rotatable bonds is 7. The van der Waals surface area contributed by atoms with E-state index < -0.39 is 11.8 Å². The third kappa shape index (κ3) is 6.60. The second kappa shape index (κ2) is 11.2. The predicted octanol–water partition coefficient (Wildman–Crippen LogP) is 5.36. The Morgan fingerprint density at radius 3 is 2.57 bits per heavy atom. The number of amides is 1. The molecule has 0 radical (unpaired) electrons. The van der Waals surface area contributed by atoms with Gasteiger partial charge in [0.05, 0.1) is 5.02 Å². The van der Waals surface area contributed by atoms with E-state index in [1.165, 1.54) is 6.07 Å². The zero-order chi connectivity index (χ0) is 24.9. The number of hydrogen-bond acceptors (Lipinski definition) is 4. The van der Waals surface area contributed by atoms with Gasteiger partial charge in [-0.3, -0.25) is 9.59 Å². The Morgan fingerprint density at radius 1 is 1.06 bits per heavy atom. The molecule has 0 bridgehead atoms. The van der Waals surface area contributed by atoms with Crippen LogP contribution >= 0.6 is 11.6 Å². The van der Waals surface area contributed by atoms with Crippen LogP contribution in [0.1, 0.15) is 54.4 Å². The third-order valence-electron chi connectivity index (χ3n) is 6.89. The molecule has 35 heavy (non-hydrogen) atoms. The van der Waals surface area contributed by atoms with E-state index >= 15 is 0 Å². The first kappa shape index (κ1) is 25.2. The van der Waals surface area contributed by atoms with Crippen molar-refractivity contribution >= 4 is 29.4 Å². The van der Waals surface area contributed by atoms with Crippen LogP contribution in [0.3, 0.4) is 0 Å². The minimum Gasteiger partial charge on any atom is -0.481 e. The van der Waals surface area contributed by atoms with E-state index in [1.807, 2.05) is 18.2 Å². The van der Waals surface area contributed by atoms with E-state index in [1.54, 1.807) is 17.0 Å². The lowest BCUT2D eigenvalue weighted by Gasteiger charge is -2.32. The number of carboxylic acids is 1. The molecule has 1 heterocycles. The quantitative estimate of drug-likeness (QED) is 0.552. The highest BCUT2D eigenvalue weighted by atomic mass is 35.5. The summed E-state index contributed by atoms with van der Waals surface area (Å²) in [5.41, 5.74) is 3.29. The van der Waals surface area contributed by atoms with Gasteiger partial charge in [0, 0.05) is 32.4 Å². The van der Waals surface area contributed by atoms with E-state index in [-0.39, 0.29) is 48.2 Å². The summed E-state index contributed by atoms with van der Waals surface area (Å²) in [4.78, 5) is 37.8. The fourth-order valence-electron chi connectivity index (χ4n) is 4.98. The number of ketones is 1. The molecule has 1 aliphatic heterocycles. The highest BCUT2D eigenvalue weighted by Crippen LogP contribution is 2.30. The first-order chi connectivity index (χ1) is 16.8. The van der Waals surface area contributed by atoms with Crippen LogP contribution in [0.4, 0.5) is 9.18 Å². The van der Waals surface area contributed by atoms with E-state index in [4.69, 9.17) is 21.4 Å². The molecule has 1 N–H and O–H groups in total. The smallest absolute Gasteiger partial charge is 0.410 e. The molecule has 186 valence electrons. The van der Waals surface area contributed by atoms with Gasteiger partial charge in [0.1, 0.15) is 17.7 Å². The molecule has 1 saturated carbocycles. The Bertz CT molecular complexity index is 1110. The molecule has 2 aliphatic rings. The molecule has 2 aromatic rings. The molecular formula is C27H29ClFNO5. The fraction of sp³-hybridized carbons (Fsp3) is 0.444. The number of benzene rings is 2. The van der Waals surface area contributed by atoms with E-state index in [9.17, 15) is 18.8 Å². The summed E-state index contributed by atoms with van der Waals surface area (Å²) in [5.74, 6) is -1.26. The number of fused-ring (bicyclic) bond motifs is 1. The second-order valence-electron chi connectivity index (χ2n) is 9.50. The molecule has 0 aromatic heterocycles. The standard InChI is InChI=1S/C27H29ClFNO5/c28-24-3-1-2-20(26(24)29)15-22(31)13-18-4-7-21-16-30(11-10-19(21)12-18)27(34)35-23-8-5-17(6-9-23)14-25(32)33/h1-4,7,12,17,23H,5-6,8-11,13-16H2,(H,32,33). The normalized spacial score (nSPS) is 19.7. The largest absolute Gasteiger partial charge is 0.481 e. The average molecular weight is 502 g/mol. The summed E-state index contributed by atoms with van der Waals surface area (Å²) in [6, 6.07) is 10.5. The lowest BCUT2D eigenvalue weighted by molar-refractivity contribution is -0.138. The number of carbonyl (C=O) groups is 3. The van der Waals surface area contributed by atoms with Gasteiger partial charge in [-0.1, -0.05) is 41.9 Å². The van der Waals surface area contributed by atoms with Crippen molar-refractivity contribution in [1.29, 1.82) is 0 Å². The summed E-state index contributed by atoms with van der Waals surface area (Å²) in [5, 5.41) is 8.95. The lowest BCUT2D eigenvalue weighted by atomic mass is 9.85. The minimum absolute atomic E-state index is 0.0121. The monoisotopic (exact) mass is 501 g/mol. The summed E-state index contributed by atoms with van der Waals surface area (Å²) in [6.07, 6.45) is 3.46. The van der Waals surface area contributed by atoms with Gasteiger partial charge in [0.2, 0.25) is 0 Å². The van der Waals surface area contributed by atoms with Gasteiger partial charge < -0.3 is 14.7 Å². The number of nitrogens with zero attached hydrogens (tertiary/aromatic N) is 1. The number of hydrogen-bond donors (Lipinski definition) is 1. The molecule has 1 fully saturated rings. The van der Waals surface area contributed by atoms with Crippen molar-refractivity contribution in [1.82, 2.24) is 4.90 Å². The van der Waals surface area contributed by atoms with Gasteiger partial charge in [-0.15, -0.1) is 0 Å². The summed E-state index contributed by atoms with van der Waals surface area (Å²) < 4.78 is 19.8. The Balaban J connectivity index is 1.28. The topological polar surface area (TPSA) is 83.9 Å². The highest BCUT2D eigenvalue weighted by molar-refractivity contribution is 6.30. The summed E-state index contributed by atoms with van der Waals surface area (Å²) in [6.45, 7) is 0.982. The van der Waals surface area contributed by atoms with E-state index in [0.717, 1.165) is 29.5 Å². The van der Waals surface area contributed by atoms with Gasteiger partial charge in [0.15, 0.2) is 0 Å². The van der Waals surface area contributed by atoms with Crippen LogP contribution in [0, 0.1) is 11.7 Å². The SMILES string of the molecule is O=C(O)CC1CCC(OC(=O)N2CCc3cc(CC(=O)Cc4cccc(Cl)c4F)ccc3C2)CC1. The maximum absolute atomic E-state index is 14.1. The fourth-order valence-corrected chi connectivity index (χ4v) is 5.17. The minimum atomic E-state index is -0.778. The van der Waals surface area contributed by atoms with Crippen LogP contribution in [0.25, 0.3) is 0 Å². The molecule has 2 aromatic carbocycles. The first-order valence-corrected chi connectivity index (χ1v) is 12.4. The van der Waals surface area contributed by atoms with E-state index in [0.29, 0.717) is 37.9 Å². The summed E-state index contributed by atoms with van der Waals surface area (Å²) in [7, 11) is 0. The average Bonchev–Trinajstić information content (AvgIpc) is 2.82.